The summed E-state index contributed by atoms with van der Waals surface area (Å²) in [5.41, 5.74) is 4.87. The zero-order valence-corrected chi connectivity index (χ0v) is 9.42. The highest BCUT2D eigenvalue weighted by molar-refractivity contribution is 5.90. The fourth-order valence-corrected chi connectivity index (χ4v) is 2.09. The van der Waals surface area contributed by atoms with Crippen molar-refractivity contribution in [2.75, 3.05) is 33.0 Å². The molecular formula is C10H16N2O5. The quantitative estimate of drug-likeness (QED) is 0.607. The van der Waals surface area contributed by atoms with Gasteiger partial charge in [-0.05, 0) is 6.42 Å². The summed E-state index contributed by atoms with van der Waals surface area (Å²) in [5, 5.41) is 9.04. The van der Waals surface area contributed by atoms with Gasteiger partial charge in [0.2, 0.25) is 5.91 Å². The minimum absolute atomic E-state index is 0.0119. The van der Waals surface area contributed by atoms with Crippen molar-refractivity contribution in [3.05, 3.63) is 0 Å². The van der Waals surface area contributed by atoms with Gasteiger partial charge in [0.1, 0.15) is 5.54 Å². The average molecular weight is 244 g/mol. The minimum Gasteiger partial charge on any atom is -0.480 e. The van der Waals surface area contributed by atoms with Crippen molar-refractivity contribution in [1.82, 2.24) is 4.90 Å². The van der Waals surface area contributed by atoms with E-state index in [1.165, 1.54) is 4.90 Å². The summed E-state index contributed by atoms with van der Waals surface area (Å²) in [6.07, 6.45) is 0.426. The van der Waals surface area contributed by atoms with Crippen LogP contribution in [-0.4, -0.2) is 66.4 Å². The number of nitrogens with zero attached hydrogens (tertiary/aromatic N) is 1. The van der Waals surface area contributed by atoms with Crippen molar-refractivity contribution < 1.29 is 24.2 Å². The normalized spacial score (nSPS) is 33.7. The Morgan fingerprint density at radius 1 is 1.35 bits per heavy atom. The number of rotatable bonds is 2. The Morgan fingerprint density at radius 2 is 2.12 bits per heavy atom. The summed E-state index contributed by atoms with van der Waals surface area (Å²) < 4.78 is 10.2. The summed E-state index contributed by atoms with van der Waals surface area (Å²) >= 11 is 0. The first-order valence-corrected chi connectivity index (χ1v) is 5.53. The van der Waals surface area contributed by atoms with Crippen LogP contribution in [0.3, 0.4) is 0 Å². The van der Waals surface area contributed by atoms with Crippen LogP contribution in [0.2, 0.25) is 0 Å². The van der Waals surface area contributed by atoms with Crippen molar-refractivity contribution >= 4 is 11.9 Å². The number of hydrogen-bond donors (Lipinski definition) is 2. The number of carbonyl (C=O) groups is 2. The highest BCUT2D eigenvalue weighted by atomic mass is 16.5. The van der Waals surface area contributed by atoms with Gasteiger partial charge in [0.15, 0.2) is 6.04 Å². The molecular weight excluding hydrogens is 228 g/mol. The molecule has 2 rings (SSSR count). The zero-order valence-electron chi connectivity index (χ0n) is 9.42. The highest BCUT2D eigenvalue weighted by Gasteiger charge is 2.45. The molecule has 2 atom stereocenters. The van der Waals surface area contributed by atoms with Crippen LogP contribution < -0.4 is 5.73 Å². The van der Waals surface area contributed by atoms with Gasteiger partial charge in [0, 0.05) is 13.2 Å². The number of carbonyl (C=O) groups excluding carboxylic acids is 1. The molecule has 1 amide bonds. The second kappa shape index (κ2) is 4.59. The van der Waals surface area contributed by atoms with E-state index in [1.54, 1.807) is 0 Å². The second-order valence-corrected chi connectivity index (χ2v) is 4.39. The molecule has 2 unspecified atom stereocenters. The van der Waals surface area contributed by atoms with E-state index in [2.05, 4.69) is 0 Å². The van der Waals surface area contributed by atoms with Crippen LogP contribution in [0.15, 0.2) is 0 Å². The Bertz CT molecular complexity index is 327. The Morgan fingerprint density at radius 3 is 2.71 bits per heavy atom. The molecule has 0 aromatic carbocycles. The van der Waals surface area contributed by atoms with Crippen LogP contribution in [0.1, 0.15) is 6.42 Å². The molecule has 0 bridgehead atoms. The molecule has 7 heteroatoms. The third-order valence-electron chi connectivity index (χ3n) is 3.15. The standard InChI is InChI=1S/C10H16N2O5/c11-10(1-3-17-6-10)9(15)12-2-4-16-5-7(12)8(13)14/h7H,1-6,11H2,(H,13,14). The molecule has 0 aromatic heterocycles. The van der Waals surface area contributed by atoms with Gasteiger partial charge in [-0.25, -0.2) is 4.79 Å². The maximum absolute atomic E-state index is 12.2. The lowest BCUT2D eigenvalue weighted by atomic mass is 9.97. The predicted molar refractivity (Wildman–Crippen MR) is 56.3 cm³/mol. The number of hydrogen-bond acceptors (Lipinski definition) is 5. The maximum atomic E-state index is 12.2. The molecule has 0 radical (unpaired) electrons. The fourth-order valence-electron chi connectivity index (χ4n) is 2.09. The number of carboxylic acids is 1. The summed E-state index contributed by atoms with van der Waals surface area (Å²) in [4.78, 5) is 24.6. The monoisotopic (exact) mass is 244 g/mol. The van der Waals surface area contributed by atoms with Crippen LogP contribution in [0, 0.1) is 0 Å². The molecule has 3 N–H and O–H groups in total. The second-order valence-electron chi connectivity index (χ2n) is 4.39. The average Bonchev–Trinajstić information content (AvgIpc) is 2.76. The first-order chi connectivity index (χ1) is 8.04. The molecule has 0 saturated carbocycles. The molecule has 96 valence electrons. The Labute approximate surface area is 98.5 Å². The predicted octanol–water partition coefficient (Wildman–Crippen LogP) is -1.58. The van der Waals surface area contributed by atoms with Gasteiger partial charge in [0.25, 0.3) is 0 Å². The molecule has 2 heterocycles. The lowest BCUT2D eigenvalue weighted by Crippen LogP contribution is -2.62. The molecule has 0 aliphatic carbocycles. The van der Waals surface area contributed by atoms with E-state index in [0.717, 1.165) is 0 Å². The summed E-state index contributed by atoms with van der Waals surface area (Å²) in [6.45, 7) is 1.19. The summed E-state index contributed by atoms with van der Waals surface area (Å²) in [5.74, 6) is -1.42. The van der Waals surface area contributed by atoms with Gasteiger partial charge in [-0.3, -0.25) is 4.79 Å². The van der Waals surface area contributed by atoms with Crippen molar-refractivity contribution in [1.29, 1.82) is 0 Å². The van der Waals surface area contributed by atoms with Gasteiger partial charge < -0.3 is 25.2 Å². The largest absolute Gasteiger partial charge is 0.480 e. The molecule has 17 heavy (non-hydrogen) atoms. The van der Waals surface area contributed by atoms with Crippen LogP contribution in [0.5, 0.6) is 0 Å². The van der Waals surface area contributed by atoms with Crippen LogP contribution in [0.25, 0.3) is 0 Å². The van der Waals surface area contributed by atoms with Crippen LogP contribution in [0.4, 0.5) is 0 Å². The van der Waals surface area contributed by atoms with Gasteiger partial charge in [-0.2, -0.15) is 0 Å². The van der Waals surface area contributed by atoms with Gasteiger partial charge >= 0.3 is 5.97 Å². The van der Waals surface area contributed by atoms with Gasteiger partial charge in [-0.1, -0.05) is 0 Å². The SMILES string of the molecule is NC1(C(=O)N2CCOCC2C(=O)O)CCOC1. The molecule has 2 saturated heterocycles. The Kier molecular flexibility index (Phi) is 3.32. The van der Waals surface area contributed by atoms with E-state index in [9.17, 15) is 9.59 Å². The van der Waals surface area contributed by atoms with Gasteiger partial charge in [0.05, 0.1) is 19.8 Å². The van der Waals surface area contributed by atoms with Gasteiger partial charge in [-0.15, -0.1) is 0 Å². The van der Waals surface area contributed by atoms with Crippen molar-refractivity contribution in [2.24, 2.45) is 5.73 Å². The Balaban J connectivity index is 2.13. The highest BCUT2D eigenvalue weighted by Crippen LogP contribution is 2.21. The van der Waals surface area contributed by atoms with E-state index in [0.29, 0.717) is 19.6 Å². The molecule has 2 aliphatic heterocycles. The number of amides is 1. The number of aliphatic carboxylic acids is 1. The minimum atomic E-state index is -1.08. The summed E-state index contributed by atoms with van der Waals surface area (Å²) in [7, 11) is 0. The Hall–Kier alpha value is -1.18. The van der Waals surface area contributed by atoms with E-state index < -0.39 is 17.6 Å². The molecule has 2 fully saturated rings. The fraction of sp³-hybridized carbons (Fsp3) is 0.800. The van der Waals surface area contributed by atoms with E-state index in [4.69, 9.17) is 20.3 Å². The van der Waals surface area contributed by atoms with Crippen LogP contribution in [-0.2, 0) is 19.1 Å². The van der Waals surface area contributed by atoms with E-state index in [-0.39, 0.29) is 25.7 Å². The smallest absolute Gasteiger partial charge is 0.328 e. The maximum Gasteiger partial charge on any atom is 0.328 e. The molecule has 0 spiro atoms. The lowest BCUT2D eigenvalue weighted by Gasteiger charge is -2.37. The number of nitrogens with two attached hydrogens (primary N) is 1. The van der Waals surface area contributed by atoms with Crippen molar-refractivity contribution in [3.63, 3.8) is 0 Å². The van der Waals surface area contributed by atoms with Crippen LogP contribution >= 0.6 is 0 Å². The first kappa shape index (κ1) is 12.3. The number of carboxylic acid groups (broad SMARTS) is 1. The van der Waals surface area contributed by atoms with Crippen molar-refractivity contribution in [2.45, 2.75) is 18.0 Å². The number of ether oxygens (including phenoxy) is 2. The topological polar surface area (TPSA) is 102 Å². The first-order valence-electron chi connectivity index (χ1n) is 5.53. The van der Waals surface area contributed by atoms with Crippen molar-refractivity contribution in [3.8, 4) is 0 Å². The lowest BCUT2D eigenvalue weighted by molar-refractivity contribution is -0.161. The molecule has 0 aromatic rings. The third-order valence-corrected chi connectivity index (χ3v) is 3.15. The molecule has 7 nitrogen and oxygen atoms in total. The van der Waals surface area contributed by atoms with E-state index in [1.807, 2.05) is 0 Å². The molecule has 2 aliphatic rings. The number of morpholine rings is 1. The third kappa shape index (κ3) is 2.26. The summed E-state index contributed by atoms with van der Waals surface area (Å²) in [6, 6.07) is -0.947. The van der Waals surface area contributed by atoms with E-state index >= 15 is 0 Å². The zero-order chi connectivity index (χ0) is 12.5.